The van der Waals surface area contributed by atoms with Crippen LogP contribution in [0.5, 0.6) is 0 Å². The summed E-state index contributed by atoms with van der Waals surface area (Å²) in [5, 5.41) is 7.43. The second-order valence-corrected chi connectivity index (χ2v) is 8.58. The molecule has 7 nitrogen and oxygen atoms in total. The van der Waals surface area contributed by atoms with Gasteiger partial charge in [-0.25, -0.2) is 13.8 Å². The number of aromatic nitrogens is 2. The van der Waals surface area contributed by atoms with Crippen LogP contribution in [0.1, 0.15) is 28.3 Å². The number of rotatable bonds is 8. The number of amides is 2. The number of ether oxygens (including phenoxy) is 1. The number of aryl methyl sites for hydroxylation is 1. The van der Waals surface area contributed by atoms with E-state index in [-0.39, 0.29) is 13.0 Å². The number of alkyl halides is 2. The van der Waals surface area contributed by atoms with Crippen LogP contribution in [0.2, 0.25) is 0 Å². The summed E-state index contributed by atoms with van der Waals surface area (Å²) in [5.74, 6) is -4.25. The fraction of sp³-hybridized carbons (Fsp3) is 0.318. The molecule has 3 aromatic rings. The van der Waals surface area contributed by atoms with Gasteiger partial charge >= 0.3 is 0 Å². The Kier molecular flexibility index (Phi) is 6.07. The van der Waals surface area contributed by atoms with Gasteiger partial charge in [0.25, 0.3) is 17.7 Å². The van der Waals surface area contributed by atoms with Crippen molar-refractivity contribution in [3.8, 4) is 11.3 Å². The zero-order valence-corrected chi connectivity index (χ0v) is 18.3. The summed E-state index contributed by atoms with van der Waals surface area (Å²) in [6, 6.07) is 7.65. The Morgan fingerprint density at radius 1 is 1.38 bits per heavy atom. The topological polar surface area (TPSA) is 85.2 Å². The fourth-order valence-corrected chi connectivity index (χ4v) is 4.10. The minimum atomic E-state index is -2.64. The summed E-state index contributed by atoms with van der Waals surface area (Å²) in [6.45, 7) is -0.0136. The van der Waals surface area contributed by atoms with Gasteiger partial charge in [-0.15, -0.1) is 11.3 Å². The molecule has 0 saturated heterocycles. The number of nitrogens with one attached hydrogen (secondary N) is 2. The summed E-state index contributed by atoms with van der Waals surface area (Å²) >= 11 is 1.21. The number of benzene rings is 1. The molecule has 2 aromatic heterocycles. The first kappa shape index (κ1) is 22.1. The van der Waals surface area contributed by atoms with Crippen LogP contribution < -0.4 is 10.6 Å². The van der Waals surface area contributed by atoms with E-state index in [4.69, 9.17) is 4.74 Å². The van der Waals surface area contributed by atoms with Crippen LogP contribution in [0.25, 0.3) is 11.3 Å². The Morgan fingerprint density at radius 2 is 2.16 bits per heavy atom. The molecule has 1 saturated carbocycles. The highest BCUT2D eigenvalue weighted by atomic mass is 32.1. The number of hydrogen-bond donors (Lipinski definition) is 2. The number of methoxy groups -OCH3 is 1. The van der Waals surface area contributed by atoms with Crippen LogP contribution in [0.15, 0.2) is 48.1 Å². The molecule has 0 bridgehead atoms. The zero-order chi connectivity index (χ0) is 22.9. The summed E-state index contributed by atoms with van der Waals surface area (Å²) in [6.07, 6.45) is 3.25. The van der Waals surface area contributed by atoms with Crippen LogP contribution in [0, 0.1) is 0 Å². The van der Waals surface area contributed by atoms with Crippen molar-refractivity contribution < 1.29 is 23.1 Å². The Bertz CT molecular complexity index is 1140. The van der Waals surface area contributed by atoms with Crippen molar-refractivity contribution in [1.82, 2.24) is 14.9 Å². The van der Waals surface area contributed by atoms with Crippen LogP contribution >= 0.6 is 11.3 Å². The van der Waals surface area contributed by atoms with Gasteiger partial charge in [0, 0.05) is 43.9 Å². The van der Waals surface area contributed by atoms with Gasteiger partial charge in [0.05, 0.1) is 23.8 Å². The van der Waals surface area contributed by atoms with Crippen molar-refractivity contribution in [2.75, 3.05) is 19.0 Å². The third-order valence-electron chi connectivity index (χ3n) is 5.19. The van der Waals surface area contributed by atoms with E-state index in [1.165, 1.54) is 18.4 Å². The van der Waals surface area contributed by atoms with E-state index in [2.05, 4.69) is 15.6 Å². The first-order valence-corrected chi connectivity index (χ1v) is 10.8. The molecule has 0 aliphatic heterocycles. The molecule has 1 fully saturated rings. The van der Waals surface area contributed by atoms with Gasteiger partial charge in [-0.3, -0.25) is 9.59 Å². The maximum absolute atomic E-state index is 13.4. The molecule has 1 aliphatic carbocycles. The molecule has 2 heterocycles. The number of carbonyl (C=O) groups is 2. The van der Waals surface area contributed by atoms with Crippen molar-refractivity contribution in [2.24, 2.45) is 7.05 Å². The molecule has 10 heteroatoms. The first-order valence-electron chi connectivity index (χ1n) is 9.93. The fourth-order valence-electron chi connectivity index (χ4n) is 3.37. The molecule has 4 rings (SSSR count). The molecule has 0 radical (unpaired) electrons. The van der Waals surface area contributed by atoms with Crippen LogP contribution in [0.3, 0.4) is 0 Å². The van der Waals surface area contributed by atoms with Crippen molar-refractivity contribution in [3.05, 3.63) is 59.2 Å². The monoisotopic (exact) mass is 460 g/mol. The summed E-state index contributed by atoms with van der Waals surface area (Å²) in [5.41, 5.74) is 2.29. The van der Waals surface area contributed by atoms with Crippen LogP contribution in [0.4, 0.5) is 13.9 Å². The van der Waals surface area contributed by atoms with Crippen molar-refractivity contribution in [2.45, 2.75) is 24.3 Å². The second kappa shape index (κ2) is 8.79. The standard InChI is InChI=1S/C22H22F2N4O3S/c1-28-7-6-15(10-28)19(29)25-17(11-31-2)20(30)27-21-26-18(12-32-21)14-5-3-4-13(8-14)16-9-22(16,23)24/h3-8,10,12,16-17H,9,11H2,1-2H3,(H,25,29)(H,26,27,30)/t16-,17-/m0/s1. The highest BCUT2D eigenvalue weighted by molar-refractivity contribution is 7.14. The maximum Gasteiger partial charge on any atom is 0.255 e. The van der Waals surface area contributed by atoms with E-state index in [1.54, 1.807) is 59.7 Å². The molecular formula is C22H22F2N4O3S. The normalized spacial score (nSPS) is 17.6. The molecule has 2 N–H and O–H groups in total. The number of halogens is 2. The van der Waals surface area contributed by atoms with Gasteiger partial charge in [-0.05, 0) is 17.7 Å². The molecule has 168 valence electrons. The van der Waals surface area contributed by atoms with Gasteiger partial charge < -0.3 is 19.9 Å². The third kappa shape index (κ3) is 4.86. The summed E-state index contributed by atoms with van der Waals surface area (Å²) in [7, 11) is 3.23. The lowest BCUT2D eigenvalue weighted by Crippen LogP contribution is -2.46. The van der Waals surface area contributed by atoms with Crippen LogP contribution in [-0.4, -0.2) is 47.0 Å². The largest absolute Gasteiger partial charge is 0.382 e. The molecule has 2 atom stereocenters. The number of anilines is 1. The summed E-state index contributed by atoms with van der Waals surface area (Å²) < 4.78 is 33.6. The SMILES string of the molecule is COC[C@H](NC(=O)c1ccn(C)c1)C(=O)Nc1nc(-c2cccc([C@@H]3CC3(F)F)c2)cs1. The molecule has 32 heavy (non-hydrogen) atoms. The number of carbonyl (C=O) groups excluding carboxylic acids is 2. The molecular weight excluding hydrogens is 438 g/mol. The van der Waals surface area contributed by atoms with Crippen LogP contribution in [-0.2, 0) is 16.6 Å². The highest BCUT2D eigenvalue weighted by Crippen LogP contribution is 2.55. The lowest BCUT2D eigenvalue weighted by molar-refractivity contribution is -0.119. The minimum absolute atomic E-state index is 0.0136. The highest BCUT2D eigenvalue weighted by Gasteiger charge is 2.57. The molecule has 2 amide bonds. The van der Waals surface area contributed by atoms with Gasteiger partial charge in [0.2, 0.25) is 0 Å². The number of nitrogens with zero attached hydrogens (tertiary/aromatic N) is 2. The van der Waals surface area contributed by atoms with E-state index in [9.17, 15) is 18.4 Å². The maximum atomic E-state index is 13.4. The smallest absolute Gasteiger partial charge is 0.255 e. The van der Waals surface area contributed by atoms with Gasteiger partial charge in [-0.1, -0.05) is 18.2 Å². The summed E-state index contributed by atoms with van der Waals surface area (Å²) in [4.78, 5) is 29.5. The molecule has 1 aromatic carbocycles. The van der Waals surface area contributed by atoms with Crippen molar-refractivity contribution in [1.29, 1.82) is 0 Å². The number of hydrogen-bond acceptors (Lipinski definition) is 5. The van der Waals surface area contributed by atoms with E-state index >= 15 is 0 Å². The Labute approximate surface area is 187 Å². The lowest BCUT2D eigenvalue weighted by Gasteiger charge is -2.16. The van der Waals surface area contributed by atoms with Crippen molar-refractivity contribution >= 4 is 28.3 Å². The molecule has 1 aliphatic rings. The van der Waals surface area contributed by atoms with E-state index in [1.807, 2.05) is 0 Å². The Morgan fingerprint density at radius 3 is 2.81 bits per heavy atom. The lowest BCUT2D eigenvalue weighted by atomic mass is 10.1. The first-order chi connectivity index (χ1) is 15.3. The van der Waals surface area contributed by atoms with Crippen molar-refractivity contribution in [3.63, 3.8) is 0 Å². The Hall–Kier alpha value is -3.11. The Balaban J connectivity index is 1.43. The predicted octanol–water partition coefficient (Wildman–Crippen LogP) is 3.65. The predicted molar refractivity (Wildman–Crippen MR) is 117 cm³/mol. The average Bonchev–Trinajstić information content (AvgIpc) is 3.11. The number of thiazole rings is 1. The van der Waals surface area contributed by atoms with E-state index < -0.39 is 29.7 Å². The molecule has 0 spiro atoms. The zero-order valence-electron chi connectivity index (χ0n) is 17.5. The quantitative estimate of drug-likeness (QED) is 0.537. The van der Waals surface area contributed by atoms with E-state index in [0.29, 0.717) is 27.5 Å². The average molecular weight is 461 g/mol. The molecule has 0 unspecified atom stereocenters. The van der Waals surface area contributed by atoms with Gasteiger partial charge in [0.15, 0.2) is 5.13 Å². The van der Waals surface area contributed by atoms with E-state index in [0.717, 1.165) is 0 Å². The van der Waals surface area contributed by atoms with Gasteiger partial charge in [-0.2, -0.15) is 0 Å². The third-order valence-corrected chi connectivity index (χ3v) is 5.95. The second-order valence-electron chi connectivity index (χ2n) is 7.72. The minimum Gasteiger partial charge on any atom is -0.382 e. The van der Waals surface area contributed by atoms with Gasteiger partial charge in [0.1, 0.15) is 6.04 Å².